The maximum Gasteiger partial charge on any atom is 0.289 e. The van der Waals surface area contributed by atoms with Crippen molar-refractivity contribution in [1.29, 1.82) is 0 Å². The molecule has 0 radical (unpaired) electrons. The van der Waals surface area contributed by atoms with Gasteiger partial charge in [-0.1, -0.05) is 11.6 Å². The van der Waals surface area contributed by atoms with E-state index >= 15 is 0 Å². The number of aliphatic hydroxyl groups is 1. The number of halogens is 1. The Balaban J connectivity index is 3.06. The van der Waals surface area contributed by atoms with E-state index in [1.54, 1.807) is 6.92 Å². The van der Waals surface area contributed by atoms with Gasteiger partial charge in [0.2, 0.25) is 0 Å². The van der Waals surface area contributed by atoms with Gasteiger partial charge < -0.3 is 10.4 Å². The third kappa shape index (κ3) is 2.81. The summed E-state index contributed by atoms with van der Waals surface area (Å²) in [4.78, 5) is 10.1. The Labute approximate surface area is 91.8 Å². The highest BCUT2D eigenvalue weighted by Gasteiger charge is 2.14. The molecule has 0 aliphatic carbocycles. The quantitative estimate of drug-likeness (QED) is 0.613. The molecule has 2 N–H and O–H groups in total. The topological polar surface area (TPSA) is 75.4 Å². The number of nitro benzene ring substituents is 1. The summed E-state index contributed by atoms with van der Waals surface area (Å²) in [6.45, 7) is 2.10. The summed E-state index contributed by atoms with van der Waals surface area (Å²) in [5.41, 5.74) is 1.28. The van der Waals surface area contributed by atoms with Crippen LogP contribution in [-0.4, -0.2) is 23.2 Å². The van der Waals surface area contributed by atoms with Gasteiger partial charge in [0.05, 0.1) is 11.5 Å². The molecule has 1 rings (SSSR count). The molecule has 0 unspecified atom stereocenters. The number of anilines is 1. The molecular weight excluding hydrogens is 220 g/mol. The minimum Gasteiger partial charge on any atom is -0.395 e. The number of nitrogens with one attached hydrogen (secondary N) is 1. The number of benzene rings is 1. The lowest BCUT2D eigenvalue weighted by atomic mass is 10.2. The fourth-order valence-electron chi connectivity index (χ4n) is 1.18. The van der Waals surface area contributed by atoms with Gasteiger partial charge in [0, 0.05) is 18.3 Å². The Morgan fingerprint density at radius 3 is 2.80 bits per heavy atom. The molecule has 0 saturated heterocycles. The van der Waals surface area contributed by atoms with Crippen molar-refractivity contribution in [3.8, 4) is 0 Å². The maximum atomic E-state index is 10.6. The van der Waals surface area contributed by atoms with Crippen molar-refractivity contribution >= 4 is 23.0 Å². The monoisotopic (exact) mass is 230 g/mol. The highest BCUT2D eigenvalue weighted by Crippen LogP contribution is 2.30. The first kappa shape index (κ1) is 11.7. The summed E-state index contributed by atoms with van der Waals surface area (Å²) in [5.74, 6) is 0. The second-order valence-corrected chi connectivity index (χ2v) is 3.43. The van der Waals surface area contributed by atoms with E-state index in [0.717, 1.165) is 5.56 Å². The number of rotatable bonds is 4. The average molecular weight is 231 g/mol. The van der Waals surface area contributed by atoms with Crippen LogP contribution >= 0.6 is 11.6 Å². The molecule has 0 aliphatic rings. The molecule has 1 aromatic carbocycles. The Morgan fingerprint density at radius 1 is 1.60 bits per heavy atom. The molecule has 6 heteroatoms. The van der Waals surface area contributed by atoms with Gasteiger partial charge in [-0.15, -0.1) is 0 Å². The van der Waals surface area contributed by atoms with E-state index in [0.29, 0.717) is 12.2 Å². The molecule has 0 fully saturated rings. The van der Waals surface area contributed by atoms with Crippen molar-refractivity contribution in [2.75, 3.05) is 18.5 Å². The van der Waals surface area contributed by atoms with Crippen molar-refractivity contribution in [2.45, 2.75) is 6.92 Å². The third-order valence-corrected chi connectivity index (χ3v) is 2.22. The van der Waals surface area contributed by atoms with Crippen LogP contribution in [0.5, 0.6) is 0 Å². The molecule has 5 nitrogen and oxygen atoms in total. The van der Waals surface area contributed by atoms with Crippen LogP contribution in [0.3, 0.4) is 0 Å². The molecule has 0 bridgehead atoms. The Bertz CT molecular complexity index is 382. The van der Waals surface area contributed by atoms with Gasteiger partial charge in [0.15, 0.2) is 0 Å². The zero-order chi connectivity index (χ0) is 11.4. The van der Waals surface area contributed by atoms with E-state index in [2.05, 4.69) is 5.32 Å². The summed E-state index contributed by atoms with van der Waals surface area (Å²) in [6, 6.07) is 2.90. The summed E-state index contributed by atoms with van der Waals surface area (Å²) >= 11 is 5.71. The predicted molar refractivity (Wildman–Crippen MR) is 58.4 cm³/mol. The molecule has 0 amide bonds. The molecule has 0 atom stereocenters. The molecule has 0 spiro atoms. The SMILES string of the molecule is Cc1cc(Cl)c([N+](=O)[O-])cc1NCCO. The first-order chi connectivity index (χ1) is 7.06. The van der Waals surface area contributed by atoms with Crippen LogP contribution in [0.4, 0.5) is 11.4 Å². The van der Waals surface area contributed by atoms with Crippen molar-refractivity contribution < 1.29 is 10.0 Å². The Morgan fingerprint density at radius 2 is 2.27 bits per heavy atom. The van der Waals surface area contributed by atoms with Crippen LogP contribution < -0.4 is 5.32 Å². The number of hydrogen-bond acceptors (Lipinski definition) is 4. The number of nitrogens with zero attached hydrogens (tertiary/aromatic N) is 1. The largest absolute Gasteiger partial charge is 0.395 e. The van der Waals surface area contributed by atoms with Gasteiger partial charge >= 0.3 is 0 Å². The number of hydrogen-bond donors (Lipinski definition) is 2. The van der Waals surface area contributed by atoms with Gasteiger partial charge in [-0.05, 0) is 18.6 Å². The molecule has 15 heavy (non-hydrogen) atoms. The predicted octanol–water partition coefficient (Wildman–Crippen LogP) is 1.96. The Hall–Kier alpha value is -1.33. The van der Waals surface area contributed by atoms with Crippen LogP contribution in [0.2, 0.25) is 5.02 Å². The number of aliphatic hydroxyl groups excluding tert-OH is 1. The lowest BCUT2D eigenvalue weighted by Gasteiger charge is -2.08. The first-order valence-electron chi connectivity index (χ1n) is 4.35. The molecule has 1 aromatic rings. The zero-order valence-corrected chi connectivity index (χ0v) is 8.91. The van der Waals surface area contributed by atoms with Crippen LogP contribution in [0.15, 0.2) is 12.1 Å². The minimum atomic E-state index is -0.536. The number of nitro groups is 1. The highest BCUT2D eigenvalue weighted by molar-refractivity contribution is 6.32. The van der Waals surface area contributed by atoms with E-state index in [9.17, 15) is 10.1 Å². The molecule has 0 heterocycles. The molecule has 0 aromatic heterocycles. The first-order valence-corrected chi connectivity index (χ1v) is 4.73. The summed E-state index contributed by atoms with van der Waals surface area (Å²) < 4.78 is 0. The Kier molecular flexibility index (Phi) is 3.88. The van der Waals surface area contributed by atoms with Crippen LogP contribution in [0.25, 0.3) is 0 Å². The fraction of sp³-hybridized carbons (Fsp3) is 0.333. The van der Waals surface area contributed by atoms with E-state index in [4.69, 9.17) is 16.7 Å². The normalized spacial score (nSPS) is 10.1. The smallest absolute Gasteiger partial charge is 0.289 e. The highest BCUT2D eigenvalue weighted by atomic mass is 35.5. The van der Waals surface area contributed by atoms with Crippen molar-refractivity contribution in [1.82, 2.24) is 0 Å². The van der Waals surface area contributed by atoms with E-state index in [-0.39, 0.29) is 17.3 Å². The summed E-state index contributed by atoms with van der Waals surface area (Å²) in [7, 11) is 0. The van der Waals surface area contributed by atoms with Crippen molar-refractivity contribution in [3.05, 3.63) is 32.8 Å². The van der Waals surface area contributed by atoms with Gasteiger partial charge in [-0.25, -0.2) is 0 Å². The minimum absolute atomic E-state index is 0.0319. The van der Waals surface area contributed by atoms with E-state index in [1.165, 1.54) is 12.1 Å². The fourth-order valence-corrected chi connectivity index (χ4v) is 1.47. The molecule has 0 saturated carbocycles. The van der Waals surface area contributed by atoms with Crippen molar-refractivity contribution in [2.24, 2.45) is 0 Å². The average Bonchev–Trinajstić information content (AvgIpc) is 2.16. The second-order valence-electron chi connectivity index (χ2n) is 3.03. The van der Waals surface area contributed by atoms with Gasteiger partial charge in [0.25, 0.3) is 5.69 Å². The molecular formula is C9H11ClN2O3. The van der Waals surface area contributed by atoms with E-state index in [1.807, 2.05) is 0 Å². The van der Waals surface area contributed by atoms with Gasteiger partial charge in [-0.2, -0.15) is 0 Å². The lowest BCUT2D eigenvalue weighted by molar-refractivity contribution is -0.384. The van der Waals surface area contributed by atoms with Gasteiger partial charge in [-0.3, -0.25) is 10.1 Å². The van der Waals surface area contributed by atoms with Gasteiger partial charge in [0.1, 0.15) is 5.02 Å². The second kappa shape index (κ2) is 4.95. The van der Waals surface area contributed by atoms with Crippen LogP contribution in [0.1, 0.15) is 5.56 Å². The van der Waals surface area contributed by atoms with E-state index < -0.39 is 4.92 Å². The van der Waals surface area contributed by atoms with Crippen LogP contribution in [0, 0.1) is 17.0 Å². The maximum absolute atomic E-state index is 10.6. The molecule has 0 aliphatic heterocycles. The summed E-state index contributed by atoms with van der Waals surface area (Å²) in [6.07, 6.45) is 0. The van der Waals surface area contributed by atoms with Crippen molar-refractivity contribution in [3.63, 3.8) is 0 Å². The van der Waals surface area contributed by atoms with Crippen LogP contribution in [-0.2, 0) is 0 Å². The molecule has 82 valence electrons. The summed E-state index contributed by atoms with van der Waals surface area (Å²) in [5, 5.41) is 22.2. The lowest BCUT2D eigenvalue weighted by Crippen LogP contribution is -2.07. The zero-order valence-electron chi connectivity index (χ0n) is 8.16. The third-order valence-electron chi connectivity index (χ3n) is 1.92. The standard InChI is InChI=1S/C9H11ClN2O3/c1-6-4-7(10)9(12(14)15)5-8(6)11-2-3-13/h4-5,11,13H,2-3H2,1H3. The number of aryl methyl sites for hydroxylation is 1.